The van der Waals surface area contributed by atoms with Crippen LogP contribution in [-0.2, 0) is 6.54 Å². The number of hydrogen-bond acceptors (Lipinski definition) is 2. The Kier molecular flexibility index (Phi) is 3.96. The largest absolute Gasteiger partial charge is 0.387 e. The van der Waals surface area contributed by atoms with E-state index in [2.05, 4.69) is 4.98 Å². The third-order valence-electron chi connectivity index (χ3n) is 2.34. The van der Waals surface area contributed by atoms with Crippen LogP contribution in [0.15, 0.2) is 49.1 Å². The molecule has 0 aliphatic rings. The van der Waals surface area contributed by atoms with Crippen LogP contribution in [0.1, 0.15) is 5.56 Å². The number of benzene rings is 1. The topological polar surface area (TPSA) is 38.0 Å². The van der Waals surface area contributed by atoms with Crippen LogP contribution in [0.4, 0.5) is 0 Å². The molecule has 0 saturated carbocycles. The SMILES string of the molecule is OC(/C=C/c1ccc(Cl)cc1)Cn1ccnc1. The molecular formula is C13H13ClN2O. The highest BCUT2D eigenvalue weighted by Gasteiger charge is 1.99. The van der Waals surface area contributed by atoms with Gasteiger partial charge in [0, 0.05) is 17.4 Å². The Labute approximate surface area is 105 Å². The standard InChI is InChI=1S/C13H13ClN2O/c14-12-4-1-11(2-5-12)3-6-13(17)9-16-8-7-15-10-16/h1-8,10,13,17H,9H2/b6-3+. The average molecular weight is 249 g/mol. The van der Waals surface area contributed by atoms with Crippen molar-refractivity contribution in [3.05, 3.63) is 59.6 Å². The van der Waals surface area contributed by atoms with Gasteiger partial charge in [-0.15, -0.1) is 0 Å². The first-order valence-corrected chi connectivity index (χ1v) is 5.69. The molecule has 0 bridgehead atoms. The lowest BCUT2D eigenvalue weighted by Crippen LogP contribution is -2.11. The second kappa shape index (κ2) is 5.66. The van der Waals surface area contributed by atoms with Gasteiger partial charge < -0.3 is 9.67 Å². The summed E-state index contributed by atoms with van der Waals surface area (Å²) in [6.07, 6.45) is 8.29. The molecule has 1 N–H and O–H groups in total. The van der Waals surface area contributed by atoms with Crippen molar-refractivity contribution in [2.45, 2.75) is 12.6 Å². The first-order valence-electron chi connectivity index (χ1n) is 5.31. The highest BCUT2D eigenvalue weighted by molar-refractivity contribution is 6.30. The van der Waals surface area contributed by atoms with E-state index in [4.69, 9.17) is 11.6 Å². The molecule has 88 valence electrons. The predicted molar refractivity (Wildman–Crippen MR) is 68.7 cm³/mol. The molecule has 1 atom stereocenters. The molecule has 0 aliphatic heterocycles. The zero-order valence-corrected chi connectivity index (χ0v) is 9.96. The first-order chi connectivity index (χ1) is 8.24. The van der Waals surface area contributed by atoms with E-state index in [1.54, 1.807) is 18.6 Å². The molecule has 0 fully saturated rings. The first kappa shape index (κ1) is 11.9. The molecule has 2 aromatic rings. The van der Waals surface area contributed by atoms with Crippen LogP contribution >= 0.6 is 11.6 Å². The minimum atomic E-state index is -0.528. The third-order valence-corrected chi connectivity index (χ3v) is 2.59. The summed E-state index contributed by atoms with van der Waals surface area (Å²) in [5, 5.41) is 10.5. The van der Waals surface area contributed by atoms with Gasteiger partial charge in [-0.2, -0.15) is 0 Å². The summed E-state index contributed by atoms with van der Waals surface area (Å²) in [7, 11) is 0. The van der Waals surface area contributed by atoms with Gasteiger partial charge in [0.05, 0.1) is 19.0 Å². The van der Waals surface area contributed by atoms with E-state index in [1.807, 2.05) is 41.1 Å². The van der Waals surface area contributed by atoms with E-state index in [-0.39, 0.29) is 0 Å². The lowest BCUT2D eigenvalue weighted by Gasteiger charge is -2.05. The fourth-order valence-corrected chi connectivity index (χ4v) is 1.59. The van der Waals surface area contributed by atoms with Gasteiger partial charge in [0.1, 0.15) is 0 Å². The summed E-state index contributed by atoms with van der Waals surface area (Å²) in [5.74, 6) is 0. The second-order valence-electron chi connectivity index (χ2n) is 3.74. The predicted octanol–water partition coefficient (Wildman–Crippen LogP) is 2.61. The lowest BCUT2D eigenvalue weighted by molar-refractivity contribution is 0.202. The van der Waals surface area contributed by atoms with E-state index < -0.39 is 6.10 Å². The average Bonchev–Trinajstić information content (AvgIpc) is 2.81. The number of aliphatic hydroxyl groups is 1. The van der Waals surface area contributed by atoms with E-state index in [0.717, 1.165) is 5.56 Å². The monoisotopic (exact) mass is 248 g/mol. The molecule has 0 spiro atoms. The third kappa shape index (κ3) is 3.73. The molecule has 0 saturated heterocycles. The van der Waals surface area contributed by atoms with Crippen molar-refractivity contribution >= 4 is 17.7 Å². The van der Waals surface area contributed by atoms with Crippen LogP contribution < -0.4 is 0 Å². The van der Waals surface area contributed by atoms with Crippen molar-refractivity contribution in [3.63, 3.8) is 0 Å². The fraction of sp³-hybridized carbons (Fsp3) is 0.154. The van der Waals surface area contributed by atoms with E-state index >= 15 is 0 Å². The van der Waals surface area contributed by atoms with Crippen molar-refractivity contribution in [1.29, 1.82) is 0 Å². The molecule has 3 nitrogen and oxygen atoms in total. The van der Waals surface area contributed by atoms with Crippen LogP contribution in [0.2, 0.25) is 5.02 Å². The van der Waals surface area contributed by atoms with Gasteiger partial charge in [-0.05, 0) is 17.7 Å². The van der Waals surface area contributed by atoms with Crippen LogP contribution in [0.3, 0.4) is 0 Å². The fourth-order valence-electron chi connectivity index (χ4n) is 1.47. The van der Waals surface area contributed by atoms with Crippen molar-refractivity contribution in [2.75, 3.05) is 0 Å². The summed E-state index contributed by atoms with van der Waals surface area (Å²) in [6.45, 7) is 0.504. The number of imidazole rings is 1. The van der Waals surface area contributed by atoms with Crippen LogP contribution in [-0.4, -0.2) is 20.8 Å². The van der Waals surface area contributed by atoms with Crippen molar-refractivity contribution in [3.8, 4) is 0 Å². The molecule has 1 heterocycles. The van der Waals surface area contributed by atoms with Crippen molar-refractivity contribution in [2.24, 2.45) is 0 Å². The molecule has 0 aliphatic carbocycles. The zero-order chi connectivity index (χ0) is 12.1. The summed E-state index contributed by atoms with van der Waals surface area (Å²) >= 11 is 5.79. The normalized spacial score (nSPS) is 13.1. The Hall–Kier alpha value is -1.58. The lowest BCUT2D eigenvalue weighted by atomic mass is 10.2. The Balaban J connectivity index is 1.93. The molecule has 0 radical (unpaired) electrons. The van der Waals surface area contributed by atoms with E-state index in [9.17, 15) is 5.11 Å². The van der Waals surface area contributed by atoms with E-state index in [1.165, 1.54) is 0 Å². The van der Waals surface area contributed by atoms with Crippen LogP contribution in [0, 0.1) is 0 Å². The Morgan fingerprint density at radius 3 is 2.76 bits per heavy atom. The minimum Gasteiger partial charge on any atom is -0.387 e. The maximum Gasteiger partial charge on any atom is 0.0946 e. The molecule has 1 aromatic heterocycles. The van der Waals surface area contributed by atoms with E-state index in [0.29, 0.717) is 11.6 Å². The summed E-state index contributed by atoms with van der Waals surface area (Å²) in [4.78, 5) is 3.92. The van der Waals surface area contributed by atoms with Crippen molar-refractivity contribution < 1.29 is 5.11 Å². The maximum absolute atomic E-state index is 9.78. The number of hydrogen-bond donors (Lipinski definition) is 1. The second-order valence-corrected chi connectivity index (χ2v) is 4.17. The molecule has 2 rings (SSSR count). The van der Waals surface area contributed by atoms with Crippen LogP contribution in [0.25, 0.3) is 6.08 Å². The molecule has 0 amide bonds. The Morgan fingerprint density at radius 1 is 1.35 bits per heavy atom. The smallest absolute Gasteiger partial charge is 0.0946 e. The Bertz CT molecular complexity index is 477. The molecular weight excluding hydrogens is 236 g/mol. The van der Waals surface area contributed by atoms with Crippen LogP contribution in [0.5, 0.6) is 0 Å². The van der Waals surface area contributed by atoms with Gasteiger partial charge in [0.15, 0.2) is 0 Å². The van der Waals surface area contributed by atoms with Gasteiger partial charge >= 0.3 is 0 Å². The summed E-state index contributed by atoms with van der Waals surface area (Å²) in [5.41, 5.74) is 1.01. The van der Waals surface area contributed by atoms with Gasteiger partial charge in [-0.1, -0.05) is 35.9 Å². The molecule has 1 aromatic carbocycles. The summed E-state index contributed by atoms with van der Waals surface area (Å²) < 4.78 is 1.83. The highest BCUT2D eigenvalue weighted by atomic mass is 35.5. The van der Waals surface area contributed by atoms with Gasteiger partial charge in [-0.3, -0.25) is 0 Å². The molecule has 4 heteroatoms. The van der Waals surface area contributed by atoms with Crippen molar-refractivity contribution in [1.82, 2.24) is 9.55 Å². The summed E-state index contributed by atoms with van der Waals surface area (Å²) in [6, 6.07) is 7.46. The molecule has 17 heavy (non-hydrogen) atoms. The number of nitrogens with zero attached hydrogens (tertiary/aromatic N) is 2. The highest BCUT2D eigenvalue weighted by Crippen LogP contribution is 2.11. The van der Waals surface area contributed by atoms with Gasteiger partial charge in [0.2, 0.25) is 0 Å². The Morgan fingerprint density at radius 2 is 2.12 bits per heavy atom. The maximum atomic E-state index is 9.78. The van der Waals surface area contributed by atoms with Gasteiger partial charge in [-0.25, -0.2) is 4.98 Å². The number of halogens is 1. The molecule has 1 unspecified atom stereocenters. The minimum absolute atomic E-state index is 0.504. The van der Waals surface area contributed by atoms with Gasteiger partial charge in [0.25, 0.3) is 0 Å². The number of aromatic nitrogens is 2. The quantitative estimate of drug-likeness (QED) is 0.903. The zero-order valence-electron chi connectivity index (χ0n) is 9.20. The number of aliphatic hydroxyl groups excluding tert-OH is 1. The number of rotatable bonds is 4.